The van der Waals surface area contributed by atoms with Crippen molar-refractivity contribution < 1.29 is 9.13 Å². The molecule has 0 aromatic heterocycles. The Balaban J connectivity index is 2.29. The number of nitrogen functional groups attached to an aromatic ring is 1. The van der Waals surface area contributed by atoms with Crippen molar-refractivity contribution in [3.05, 3.63) is 47.2 Å². The molecule has 0 amide bonds. The molecule has 0 radical (unpaired) electrons. The molecule has 18 heavy (non-hydrogen) atoms. The van der Waals surface area contributed by atoms with Gasteiger partial charge in [0.15, 0.2) is 11.6 Å². The highest BCUT2D eigenvalue weighted by Gasteiger charge is 2.06. The molecular formula is C13H12ClFN2O. The van der Waals surface area contributed by atoms with Gasteiger partial charge in [0.25, 0.3) is 0 Å². The SMILES string of the molecule is COc1ccc(Nc2cccc(Cl)c2N)cc1F. The number of halogens is 2. The summed E-state index contributed by atoms with van der Waals surface area (Å²) >= 11 is 5.90. The number of hydrogen-bond donors (Lipinski definition) is 2. The number of nitrogens with one attached hydrogen (secondary N) is 1. The molecule has 0 unspecified atom stereocenters. The third-order valence-electron chi connectivity index (χ3n) is 2.48. The summed E-state index contributed by atoms with van der Waals surface area (Å²) in [6.07, 6.45) is 0. The third-order valence-corrected chi connectivity index (χ3v) is 2.81. The maximum absolute atomic E-state index is 13.5. The largest absolute Gasteiger partial charge is 0.494 e. The quantitative estimate of drug-likeness (QED) is 0.831. The number of hydrogen-bond acceptors (Lipinski definition) is 3. The minimum atomic E-state index is -0.442. The van der Waals surface area contributed by atoms with E-state index in [0.717, 1.165) is 0 Å². The van der Waals surface area contributed by atoms with Crippen LogP contribution in [-0.4, -0.2) is 7.11 Å². The van der Waals surface area contributed by atoms with Gasteiger partial charge < -0.3 is 15.8 Å². The summed E-state index contributed by atoms with van der Waals surface area (Å²) in [5.41, 5.74) is 7.44. The van der Waals surface area contributed by atoms with Crippen molar-refractivity contribution >= 4 is 28.7 Å². The van der Waals surface area contributed by atoms with Gasteiger partial charge in [0, 0.05) is 11.8 Å². The number of methoxy groups -OCH3 is 1. The first-order chi connectivity index (χ1) is 8.61. The maximum Gasteiger partial charge on any atom is 0.167 e. The predicted molar refractivity (Wildman–Crippen MR) is 72.1 cm³/mol. The van der Waals surface area contributed by atoms with Crippen molar-refractivity contribution in [3.63, 3.8) is 0 Å². The van der Waals surface area contributed by atoms with Crippen LogP contribution in [0.5, 0.6) is 5.75 Å². The molecule has 5 heteroatoms. The molecule has 0 fully saturated rings. The molecule has 2 rings (SSSR count). The van der Waals surface area contributed by atoms with Crippen LogP contribution in [0.25, 0.3) is 0 Å². The molecule has 0 spiro atoms. The van der Waals surface area contributed by atoms with Gasteiger partial charge in [0.1, 0.15) is 0 Å². The number of anilines is 3. The molecule has 0 saturated heterocycles. The standard InChI is InChI=1S/C13H12ClFN2O/c1-18-12-6-5-8(7-10(12)15)17-11-4-2-3-9(14)13(11)16/h2-7,17H,16H2,1H3. The number of rotatable bonds is 3. The van der Waals surface area contributed by atoms with E-state index in [2.05, 4.69) is 5.32 Å². The van der Waals surface area contributed by atoms with E-state index in [4.69, 9.17) is 22.1 Å². The Morgan fingerprint density at radius 3 is 2.72 bits per heavy atom. The van der Waals surface area contributed by atoms with Crippen LogP contribution in [0.1, 0.15) is 0 Å². The summed E-state index contributed by atoms with van der Waals surface area (Å²) in [5, 5.41) is 3.45. The molecule has 94 valence electrons. The van der Waals surface area contributed by atoms with Crippen LogP contribution in [0.3, 0.4) is 0 Å². The van der Waals surface area contributed by atoms with Crippen molar-refractivity contribution in [3.8, 4) is 5.75 Å². The van der Waals surface area contributed by atoms with E-state index < -0.39 is 5.82 Å². The Morgan fingerprint density at radius 1 is 1.28 bits per heavy atom. The van der Waals surface area contributed by atoms with E-state index in [1.807, 2.05) is 0 Å². The lowest BCUT2D eigenvalue weighted by molar-refractivity contribution is 0.386. The van der Waals surface area contributed by atoms with Crippen LogP contribution >= 0.6 is 11.6 Å². The van der Waals surface area contributed by atoms with E-state index in [-0.39, 0.29) is 5.75 Å². The van der Waals surface area contributed by atoms with Gasteiger partial charge >= 0.3 is 0 Å². The highest BCUT2D eigenvalue weighted by Crippen LogP contribution is 2.30. The topological polar surface area (TPSA) is 47.3 Å². The Kier molecular flexibility index (Phi) is 3.58. The van der Waals surface area contributed by atoms with Gasteiger partial charge in [-0.3, -0.25) is 0 Å². The van der Waals surface area contributed by atoms with Gasteiger partial charge in [-0.25, -0.2) is 4.39 Å². The summed E-state index contributed by atoms with van der Waals surface area (Å²) in [7, 11) is 1.42. The minimum absolute atomic E-state index is 0.194. The number of benzene rings is 2. The van der Waals surface area contributed by atoms with Crippen LogP contribution < -0.4 is 15.8 Å². The Hall–Kier alpha value is -1.94. The lowest BCUT2D eigenvalue weighted by Crippen LogP contribution is -1.97. The fraction of sp³-hybridized carbons (Fsp3) is 0.0769. The van der Waals surface area contributed by atoms with Crippen molar-refractivity contribution in [2.45, 2.75) is 0 Å². The summed E-state index contributed by atoms with van der Waals surface area (Å²) in [6, 6.07) is 9.79. The minimum Gasteiger partial charge on any atom is -0.494 e. The summed E-state index contributed by atoms with van der Waals surface area (Å²) < 4.78 is 18.4. The van der Waals surface area contributed by atoms with Gasteiger partial charge in [-0.2, -0.15) is 0 Å². The zero-order valence-corrected chi connectivity index (χ0v) is 10.5. The molecule has 3 nitrogen and oxygen atoms in total. The van der Waals surface area contributed by atoms with E-state index in [1.165, 1.54) is 13.2 Å². The highest BCUT2D eigenvalue weighted by atomic mass is 35.5. The average Bonchev–Trinajstić information content (AvgIpc) is 2.35. The Labute approximate surface area is 109 Å². The smallest absolute Gasteiger partial charge is 0.167 e. The van der Waals surface area contributed by atoms with Gasteiger partial charge in [-0.05, 0) is 24.3 Å². The Morgan fingerprint density at radius 2 is 2.06 bits per heavy atom. The summed E-state index contributed by atoms with van der Waals surface area (Å²) in [4.78, 5) is 0. The molecule has 2 aromatic rings. The van der Waals surface area contributed by atoms with Crippen molar-refractivity contribution in [2.75, 3.05) is 18.2 Å². The first kappa shape index (κ1) is 12.5. The molecule has 0 heterocycles. The van der Waals surface area contributed by atoms with Crippen LogP contribution in [-0.2, 0) is 0 Å². The van der Waals surface area contributed by atoms with E-state index >= 15 is 0 Å². The molecule has 0 bridgehead atoms. The van der Waals surface area contributed by atoms with Gasteiger partial charge in [-0.15, -0.1) is 0 Å². The first-order valence-electron chi connectivity index (χ1n) is 5.26. The molecule has 2 aromatic carbocycles. The molecule has 0 saturated carbocycles. The van der Waals surface area contributed by atoms with Crippen LogP contribution in [0.4, 0.5) is 21.5 Å². The van der Waals surface area contributed by atoms with Gasteiger partial charge in [0.2, 0.25) is 0 Å². The zero-order chi connectivity index (χ0) is 13.1. The Bertz CT molecular complexity index is 575. The molecule has 0 atom stereocenters. The molecular weight excluding hydrogens is 255 g/mol. The lowest BCUT2D eigenvalue weighted by Gasteiger charge is -2.11. The van der Waals surface area contributed by atoms with E-state index in [1.54, 1.807) is 30.3 Å². The van der Waals surface area contributed by atoms with Crippen LogP contribution in [0.15, 0.2) is 36.4 Å². The van der Waals surface area contributed by atoms with E-state index in [9.17, 15) is 4.39 Å². The summed E-state index contributed by atoms with van der Waals surface area (Å²) in [5.74, 6) is -0.247. The maximum atomic E-state index is 13.5. The van der Waals surface area contributed by atoms with Gasteiger partial charge in [0.05, 0.1) is 23.5 Å². The highest BCUT2D eigenvalue weighted by molar-refractivity contribution is 6.33. The second-order valence-electron chi connectivity index (χ2n) is 3.68. The van der Waals surface area contributed by atoms with Crippen molar-refractivity contribution in [2.24, 2.45) is 0 Å². The monoisotopic (exact) mass is 266 g/mol. The second-order valence-corrected chi connectivity index (χ2v) is 4.08. The second kappa shape index (κ2) is 5.14. The lowest BCUT2D eigenvalue weighted by atomic mass is 10.2. The fourth-order valence-corrected chi connectivity index (χ4v) is 1.72. The first-order valence-corrected chi connectivity index (χ1v) is 5.64. The molecule has 3 N–H and O–H groups in total. The fourth-order valence-electron chi connectivity index (χ4n) is 1.55. The summed E-state index contributed by atoms with van der Waals surface area (Å²) in [6.45, 7) is 0. The average molecular weight is 267 g/mol. The van der Waals surface area contributed by atoms with Crippen LogP contribution in [0, 0.1) is 5.82 Å². The van der Waals surface area contributed by atoms with Gasteiger partial charge in [-0.1, -0.05) is 17.7 Å². The van der Waals surface area contributed by atoms with Crippen molar-refractivity contribution in [1.82, 2.24) is 0 Å². The third kappa shape index (κ3) is 2.49. The number of ether oxygens (including phenoxy) is 1. The zero-order valence-electron chi connectivity index (χ0n) is 9.71. The number of para-hydroxylation sites is 1. The van der Waals surface area contributed by atoms with E-state index in [0.29, 0.717) is 22.1 Å². The number of nitrogens with two attached hydrogens (primary N) is 1. The van der Waals surface area contributed by atoms with Crippen LogP contribution in [0.2, 0.25) is 5.02 Å². The predicted octanol–water partition coefficient (Wildman–Crippen LogP) is 3.81. The normalized spacial score (nSPS) is 10.2. The molecule has 0 aliphatic rings. The molecule has 0 aliphatic heterocycles. The van der Waals surface area contributed by atoms with Crippen molar-refractivity contribution in [1.29, 1.82) is 0 Å². The molecule has 0 aliphatic carbocycles.